The first kappa shape index (κ1) is 5.65. The van der Waals surface area contributed by atoms with Crippen LogP contribution < -0.4 is 0 Å². The summed E-state index contributed by atoms with van der Waals surface area (Å²) in [6.45, 7) is 0. The summed E-state index contributed by atoms with van der Waals surface area (Å²) in [5.41, 5.74) is 1.18. The van der Waals surface area contributed by atoms with Crippen molar-refractivity contribution >= 4 is 6.29 Å². The fourth-order valence-electron chi connectivity index (χ4n) is 1.38. The normalized spacial score (nSPS) is 22.6. The standard InChI is InChI=1S/C7H8N2O/c10-5-7-2-1-6-3-4-8-9(6)7/h3-5,7H,1-2H2. The van der Waals surface area contributed by atoms with E-state index in [9.17, 15) is 4.79 Å². The summed E-state index contributed by atoms with van der Waals surface area (Å²) in [4.78, 5) is 10.4. The van der Waals surface area contributed by atoms with Gasteiger partial charge in [-0.3, -0.25) is 4.68 Å². The summed E-state index contributed by atoms with van der Waals surface area (Å²) in [6, 6.07) is 1.97. The molecular weight excluding hydrogens is 128 g/mol. The maximum absolute atomic E-state index is 10.4. The number of hydrogen-bond acceptors (Lipinski definition) is 2. The molecule has 0 saturated heterocycles. The highest BCUT2D eigenvalue weighted by molar-refractivity contribution is 5.56. The molecule has 10 heavy (non-hydrogen) atoms. The molecule has 1 aromatic heterocycles. The molecule has 52 valence electrons. The third kappa shape index (κ3) is 0.602. The molecule has 0 amide bonds. The van der Waals surface area contributed by atoms with Gasteiger partial charge in [-0.1, -0.05) is 0 Å². The van der Waals surface area contributed by atoms with E-state index in [1.807, 2.05) is 6.07 Å². The van der Waals surface area contributed by atoms with Crippen molar-refractivity contribution in [1.82, 2.24) is 9.78 Å². The van der Waals surface area contributed by atoms with Crippen molar-refractivity contribution in [3.8, 4) is 0 Å². The Morgan fingerprint density at radius 1 is 1.80 bits per heavy atom. The lowest BCUT2D eigenvalue weighted by Gasteiger charge is -2.00. The lowest BCUT2D eigenvalue weighted by Crippen LogP contribution is -2.05. The van der Waals surface area contributed by atoms with Crippen molar-refractivity contribution in [2.24, 2.45) is 0 Å². The van der Waals surface area contributed by atoms with Gasteiger partial charge in [-0.05, 0) is 18.9 Å². The van der Waals surface area contributed by atoms with Gasteiger partial charge in [0.1, 0.15) is 12.3 Å². The molecular formula is C7H8N2O. The van der Waals surface area contributed by atoms with Crippen LogP contribution in [0.3, 0.4) is 0 Å². The van der Waals surface area contributed by atoms with Crippen LogP contribution in [0.15, 0.2) is 12.3 Å². The summed E-state index contributed by atoms with van der Waals surface area (Å²) < 4.78 is 1.80. The molecule has 1 aliphatic rings. The maximum atomic E-state index is 10.4. The van der Waals surface area contributed by atoms with Crippen LogP contribution in [0.5, 0.6) is 0 Å². The van der Waals surface area contributed by atoms with E-state index < -0.39 is 0 Å². The number of fused-ring (bicyclic) bond motifs is 1. The summed E-state index contributed by atoms with van der Waals surface area (Å²) in [7, 11) is 0. The van der Waals surface area contributed by atoms with Crippen LogP contribution in [0.2, 0.25) is 0 Å². The molecule has 2 heterocycles. The third-order valence-electron chi connectivity index (χ3n) is 1.92. The zero-order valence-electron chi connectivity index (χ0n) is 5.53. The van der Waals surface area contributed by atoms with E-state index in [4.69, 9.17) is 0 Å². The molecule has 0 fully saturated rings. The Labute approximate surface area is 58.7 Å². The Morgan fingerprint density at radius 3 is 3.50 bits per heavy atom. The quantitative estimate of drug-likeness (QED) is 0.529. The Bertz CT molecular complexity index is 254. The van der Waals surface area contributed by atoms with E-state index >= 15 is 0 Å². The fraction of sp³-hybridized carbons (Fsp3) is 0.429. The van der Waals surface area contributed by atoms with E-state index in [2.05, 4.69) is 5.10 Å². The SMILES string of the molecule is O=CC1CCc2ccnn21. The fourth-order valence-corrected chi connectivity index (χ4v) is 1.38. The van der Waals surface area contributed by atoms with Gasteiger partial charge in [0.25, 0.3) is 0 Å². The van der Waals surface area contributed by atoms with E-state index in [0.717, 1.165) is 19.1 Å². The number of nitrogens with zero attached hydrogens (tertiary/aromatic N) is 2. The predicted octanol–water partition coefficient (Wildman–Crippen LogP) is 0.569. The zero-order valence-corrected chi connectivity index (χ0v) is 5.53. The van der Waals surface area contributed by atoms with Crippen molar-refractivity contribution in [3.05, 3.63) is 18.0 Å². The number of rotatable bonds is 1. The molecule has 1 aromatic rings. The molecule has 0 aromatic carbocycles. The second-order valence-electron chi connectivity index (χ2n) is 2.51. The number of aryl methyl sites for hydroxylation is 1. The average Bonchev–Trinajstić information content (AvgIpc) is 2.44. The largest absolute Gasteiger partial charge is 0.301 e. The molecule has 0 N–H and O–H groups in total. The first-order valence-corrected chi connectivity index (χ1v) is 3.39. The predicted molar refractivity (Wildman–Crippen MR) is 35.6 cm³/mol. The van der Waals surface area contributed by atoms with E-state index in [-0.39, 0.29) is 6.04 Å². The molecule has 0 radical (unpaired) electrons. The average molecular weight is 136 g/mol. The van der Waals surface area contributed by atoms with Gasteiger partial charge in [-0.25, -0.2) is 0 Å². The molecule has 0 saturated carbocycles. The minimum absolute atomic E-state index is 0.00463. The van der Waals surface area contributed by atoms with Gasteiger partial charge in [0, 0.05) is 11.9 Å². The smallest absolute Gasteiger partial charge is 0.144 e. The summed E-state index contributed by atoms with van der Waals surface area (Å²) in [5, 5.41) is 4.03. The van der Waals surface area contributed by atoms with Crippen molar-refractivity contribution < 1.29 is 4.79 Å². The first-order valence-electron chi connectivity index (χ1n) is 3.39. The lowest BCUT2D eigenvalue weighted by atomic mass is 10.2. The van der Waals surface area contributed by atoms with Crippen LogP contribution in [0.4, 0.5) is 0 Å². The molecule has 2 rings (SSSR count). The monoisotopic (exact) mass is 136 g/mol. The van der Waals surface area contributed by atoms with Gasteiger partial charge in [-0.2, -0.15) is 5.10 Å². The summed E-state index contributed by atoms with van der Waals surface area (Å²) >= 11 is 0. The Hall–Kier alpha value is -1.12. The summed E-state index contributed by atoms with van der Waals surface area (Å²) in [6.07, 6.45) is 4.62. The van der Waals surface area contributed by atoms with Crippen molar-refractivity contribution in [2.45, 2.75) is 18.9 Å². The molecule has 0 spiro atoms. The number of carbonyl (C=O) groups excluding carboxylic acids is 1. The van der Waals surface area contributed by atoms with Crippen LogP contribution in [-0.2, 0) is 11.2 Å². The Kier molecular flexibility index (Phi) is 1.09. The molecule has 0 aliphatic carbocycles. The zero-order chi connectivity index (χ0) is 6.97. The van der Waals surface area contributed by atoms with Gasteiger partial charge in [-0.15, -0.1) is 0 Å². The number of aldehydes is 1. The molecule has 1 aliphatic heterocycles. The van der Waals surface area contributed by atoms with Gasteiger partial charge in [0.15, 0.2) is 0 Å². The van der Waals surface area contributed by atoms with Crippen molar-refractivity contribution in [3.63, 3.8) is 0 Å². The number of carbonyl (C=O) groups is 1. The second-order valence-corrected chi connectivity index (χ2v) is 2.51. The minimum Gasteiger partial charge on any atom is -0.301 e. The number of aromatic nitrogens is 2. The molecule has 0 bridgehead atoms. The molecule has 1 atom stereocenters. The molecule has 1 unspecified atom stereocenters. The number of hydrogen-bond donors (Lipinski definition) is 0. The minimum atomic E-state index is 0.00463. The maximum Gasteiger partial charge on any atom is 0.144 e. The van der Waals surface area contributed by atoms with Gasteiger partial charge >= 0.3 is 0 Å². The van der Waals surface area contributed by atoms with E-state index in [1.165, 1.54) is 5.69 Å². The third-order valence-corrected chi connectivity index (χ3v) is 1.92. The highest BCUT2D eigenvalue weighted by Crippen LogP contribution is 2.21. The first-order chi connectivity index (χ1) is 4.92. The van der Waals surface area contributed by atoms with Crippen molar-refractivity contribution in [1.29, 1.82) is 0 Å². The molecule has 3 heteroatoms. The van der Waals surface area contributed by atoms with Gasteiger partial charge < -0.3 is 4.79 Å². The van der Waals surface area contributed by atoms with Crippen LogP contribution in [0.1, 0.15) is 18.2 Å². The lowest BCUT2D eigenvalue weighted by molar-refractivity contribution is -0.110. The van der Waals surface area contributed by atoms with Crippen molar-refractivity contribution in [2.75, 3.05) is 0 Å². The summed E-state index contributed by atoms with van der Waals surface area (Å²) in [5.74, 6) is 0. The van der Waals surface area contributed by atoms with Gasteiger partial charge in [0.2, 0.25) is 0 Å². The Balaban J connectivity index is 2.43. The van der Waals surface area contributed by atoms with Crippen LogP contribution >= 0.6 is 0 Å². The van der Waals surface area contributed by atoms with E-state index in [1.54, 1.807) is 10.9 Å². The highest BCUT2D eigenvalue weighted by atomic mass is 16.1. The molecule has 3 nitrogen and oxygen atoms in total. The second kappa shape index (κ2) is 1.94. The van der Waals surface area contributed by atoms with E-state index in [0.29, 0.717) is 0 Å². The van der Waals surface area contributed by atoms with Crippen LogP contribution in [0, 0.1) is 0 Å². The van der Waals surface area contributed by atoms with Crippen LogP contribution in [-0.4, -0.2) is 16.1 Å². The van der Waals surface area contributed by atoms with Gasteiger partial charge in [0.05, 0.1) is 0 Å². The highest BCUT2D eigenvalue weighted by Gasteiger charge is 2.20. The Morgan fingerprint density at radius 2 is 2.70 bits per heavy atom. The van der Waals surface area contributed by atoms with Crippen LogP contribution in [0.25, 0.3) is 0 Å². The topological polar surface area (TPSA) is 34.9 Å².